The molecule has 0 unspecified atom stereocenters. The van der Waals surface area contributed by atoms with E-state index in [1.807, 2.05) is 28.8 Å². The lowest BCUT2D eigenvalue weighted by atomic mass is 10.0. The number of sulfonamides is 1. The predicted molar refractivity (Wildman–Crippen MR) is 121 cm³/mol. The topological polar surface area (TPSA) is 88.4 Å². The summed E-state index contributed by atoms with van der Waals surface area (Å²) in [5, 5.41) is 3.33. The van der Waals surface area contributed by atoms with E-state index in [1.165, 1.54) is 5.56 Å². The van der Waals surface area contributed by atoms with Crippen molar-refractivity contribution in [2.75, 3.05) is 16.3 Å². The van der Waals surface area contributed by atoms with Crippen LogP contribution in [0.4, 0.5) is 17.2 Å². The van der Waals surface area contributed by atoms with E-state index < -0.39 is 10.0 Å². The fraction of sp³-hybridized carbons (Fsp3) is 0.182. The van der Waals surface area contributed by atoms with Crippen molar-refractivity contribution in [2.24, 2.45) is 0 Å². The fourth-order valence-electron chi connectivity index (χ4n) is 3.27. The molecule has 0 atom stereocenters. The van der Waals surface area contributed by atoms with Gasteiger partial charge in [0, 0.05) is 29.3 Å². The maximum absolute atomic E-state index is 11.5. The number of hydrogen-bond donors (Lipinski definition) is 2. The molecule has 0 saturated carbocycles. The molecule has 0 fully saturated rings. The van der Waals surface area contributed by atoms with Gasteiger partial charge in [-0.25, -0.2) is 18.4 Å². The van der Waals surface area contributed by atoms with Gasteiger partial charge in [-0.05, 0) is 35.7 Å². The van der Waals surface area contributed by atoms with E-state index in [0.717, 1.165) is 23.2 Å². The van der Waals surface area contributed by atoms with Gasteiger partial charge in [0.2, 0.25) is 10.0 Å². The Hall–Kier alpha value is -3.39. The van der Waals surface area contributed by atoms with Crippen molar-refractivity contribution in [3.63, 3.8) is 0 Å². The molecule has 0 aliphatic rings. The van der Waals surface area contributed by atoms with Gasteiger partial charge in [-0.15, -0.1) is 0 Å². The Morgan fingerprint density at radius 3 is 2.47 bits per heavy atom. The van der Waals surface area contributed by atoms with Crippen molar-refractivity contribution in [1.82, 2.24) is 14.4 Å². The normalized spacial score (nSPS) is 11.7. The third-order valence-corrected chi connectivity index (χ3v) is 5.34. The van der Waals surface area contributed by atoms with Crippen LogP contribution >= 0.6 is 0 Å². The Kier molecular flexibility index (Phi) is 5.17. The van der Waals surface area contributed by atoms with E-state index in [0.29, 0.717) is 23.1 Å². The van der Waals surface area contributed by atoms with Crippen molar-refractivity contribution >= 4 is 32.9 Å². The average molecular weight is 422 g/mol. The zero-order chi connectivity index (χ0) is 21.3. The molecular formula is C22H23N5O2S. The first-order valence-corrected chi connectivity index (χ1v) is 11.5. The highest BCUT2D eigenvalue weighted by atomic mass is 32.2. The van der Waals surface area contributed by atoms with E-state index in [-0.39, 0.29) is 0 Å². The number of benzene rings is 2. The number of nitrogens with one attached hydrogen (secondary N) is 2. The molecule has 0 aliphatic carbocycles. The standard InChI is InChI=1S/C22H23N5O2S/c1-15(2)16-7-9-18(10-8-16)25-21-22-24-14-20(27(22)12-11-23-21)17-5-4-6-19(13-17)26-30(3,28)29/h4-15,26H,1-3H3,(H,23,25). The summed E-state index contributed by atoms with van der Waals surface area (Å²) >= 11 is 0. The lowest BCUT2D eigenvalue weighted by Crippen LogP contribution is -2.09. The van der Waals surface area contributed by atoms with Crippen LogP contribution in [0.15, 0.2) is 67.1 Å². The monoisotopic (exact) mass is 421 g/mol. The SMILES string of the molecule is CC(C)c1ccc(Nc2nccn3c(-c4cccc(NS(C)(=O)=O)c4)cnc23)cc1. The summed E-state index contributed by atoms with van der Waals surface area (Å²) in [6.07, 6.45) is 6.43. The number of anilines is 3. The number of nitrogens with zero attached hydrogens (tertiary/aromatic N) is 3. The second-order valence-electron chi connectivity index (χ2n) is 7.47. The summed E-state index contributed by atoms with van der Waals surface area (Å²) in [7, 11) is -3.35. The zero-order valence-corrected chi connectivity index (χ0v) is 17.8. The van der Waals surface area contributed by atoms with Crippen LogP contribution < -0.4 is 10.0 Å². The number of imidazole rings is 1. The average Bonchev–Trinajstić information content (AvgIpc) is 3.12. The molecule has 7 nitrogen and oxygen atoms in total. The molecule has 4 aromatic rings. The van der Waals surface area contributed by atoms with Crippen molar-refractivity contribution in [3.05, 3.63) is 72.7 Å². The predicted octanol–water partition coefficient (Wildman–Crippen LogP) is 4.63. The number of fused-ring (bicyclic) bond motifs is 1. The molecule has 0 spiro atoms. The summed E-state index contributed by atoms with van der Waals surface area (Å²) in [4.78, 5) is 8.99. The van der Waals surface area contributed by atoms with Crippen LogP contribution in [0, 0.1) is 0 Å². The maximum atomic E-state index is 11.5. The first-order chi connectivity index (χ1) is 14.3. The van der Waals surface area contributed by atoms with Crippen molar-refractivity contribution in [2.45, 2.75) is 19.8 Å². The number of rotatable bonds is 6. The van der Waals surface area contributed by atoms with Gasteiger partial charge in [0.15, 0.2) is 11.5 Å². The fourth-order valence-corrected chi connectivity index (χ4v) is 3.82. The van der Waals surface area contributed by atoms with Gasteiger partial charge < -0.3 is 5.32 Å². The van der Waals surface area contributed by atoms with Gasteiger partial charge in [0.25, 0.3) is 0 Å². The first kappa shape index (κ1) is 19.9. The highest BCUT2D eigenvalue weighted by molar-refractivity contribution is 7.92. The van der Waals surface area contributed by atoms with Gasteiger partial charge >= 0.3 is 0 Å². The Morgan fingerprint density at radius 1 is 1.00 bits per heavy atom. The summed E-state index contributed by atoms with van der Waals surface area (Å²) in [5.74, 6) is 1.12. The van der Waals surface area contributed by atoms with Crippen LogP contribution in [0.2, 0.25) is 0 Å². The minimum atomic E-state index is -3.35. The summed E-state index contributed by atoms with van der Waals surface area (Å²) in [6, 6.07) is 15.5. The lowest BCUT2D eigenvalue weighted by molar-refractivity contribution is 0.607. The Bertz CT molecular complexity index is 1290. The van der Waals surface area contributed by atoms with E-state index >= 15 is 0 Å². The molecule has 154 valence electrons. The molecule has 0 aliphatic heterocycles. The summed E-state index contributed by atoms with van der Waals surface area (Å²) < 4.78 is 27.5. The Morgan fingerprint density at radius 2 is 1.77 bits per heavy atom. The molecular weight excluding hydrogens is 398 g/mol. The van der Waals surface area contributed by atoms with Crippen LogP contribution in [0.5, 0.6) is 0 Å². The second-order valence-corrected chi connectivity index (χ2v) is 9.22. The summed E-state index contributed by atoms with van der Waals surface area (Å²) in [6.45, 7) is 4.33. The smallest absolute Gasteiger partial charge is 0.229 e. The van der Waals surface area contributed by atoms with E-state index in [2.05, 4.69) is 46.0 Å². The van der Waals surface area contributed by atoms with Crippen LogP contribution in [0.3, 0.4) is 0 Å². The van der Waals surface area contributed by atoms with Gasteiger partial charge in [-0.1, -0.05) is 38.1 Å². The van der Waals surface area contributed by atoms with Gasteiger partial charge in [-0.2, -0.15) is 0 Å². The minimum absolute atomic E-state index is 0.475. The molecule has 8 heteroatoms. The molecule has 0 saturated heterocycles. The van der Waals surface area contributed by atoms with Crippen LogP contribution in [-0.2, 0) is 10.0 Å². The zero-order valence-electron chi connectivity index (χ0n) is 17.0. The molecule has 2 aromatic carbocycles. The van der Waals surface area contributed by atoms with Crippen molar-refractivity contribution in [3.8, 4) is 11.3 Å². The third kappa shape index (κ3) is 4.28. The van der Waals surface area contributed by atoms with Crippen molar-refractivity contribution in [1.29, 1.82) is 0 Å². The molecule has 2 aromatic heterocycles. The van der Waals surface area contributed by atoms with Crippen LogP contribution in [-0.4, -0.2) is 29.0 Å². The van der Waals surface area contributed by atoms with Gasteiger partial charge in [0.05, 0.1) is 18.1 Å². The molecule has 4 rings (SSSR count). The van der Waals surface area contributed by atoms with Crippen LogP contribution in [0.1, 0.15) is 25.3 Å². The second kappa shape index (κ2) is 7.79. The quantitative estimate of drug-likeness (QED) is 0.474. The third-order valence-electron chi connectivity index (χ3n) is 4.73. The van der Waals surface area contributed by atoms with Gasteiger partial charge in [0.1, 0.15) is 0 Å². The molecule has 2 N–H and O–H groups in total. The highest BCUT2D eigenvalue weighted by Crippen LogP contribution is 2.27. The molecule has 0 radical (unpaired) electrons. The van der Waals surface area contributed by atoms with E-state index in [9.17, 15) is 8.42 Å². The summed E-state index contributed by atoms with van der Waals surface area (Å²) in [5.41, 5.74) is 5.07. The molecule has 0 bridgehead atoms. The van der Waals surface area contributed by atoms with Gasteiger partial charge in [-0.3, -0.25) is 9.12 Å². The van der Waals surface area contributed by atoms with E-state index in [4.69, 9.17) is 0 Å². The number of aromatic nitrogens is 3. The highest BCUT2D eigenvalue weighted by Gasteiger charge is 2.12. The molecule has 0 amide bonds. The number of hydrogen-bond acceptors (Lipinski definition) is 5. The first-order valence-electron chi connectivity index (χ1n) is 9.57. The maximum Gasteiger partial charge on any atom is 0.229 e. The van der Waals surface area contributed by atoms with E-state index in [1.54, 1.807) is 30.6 Å². The molecule has 2 heterocycles. The Balaban J connectivity index is 1.68. The lowest BCUT2D eigenvalue weighted by Gasteiger charge is -2.10. The van der Waals surface area contributed by atoms with Crippen LogP contribution in [0.25, 0.3) is 16.9 Å². The largest absolute Gasteiger partial charge is 0.337 e. The molecule has 30 heavy (non-hydrogen) atoms. The Labute approximate surface area is 175 Å². The minimum Gasteiger partial charge on any atom is -0.337 e. The van der Waals surface area contributed by atoms with Crippen molar-refractivity contribution < 1.29 is 8.42 Å².